The number of rotatable bonds is 1. The number of carbonyl (C=O) groups excluding carboxylic acids is 1. The molecule has 4 aliphatic carbocycles. The molecule has 4 rings (SSSR count). The van der Waals surface area contributed by atoms with Crippen molar-refractivity contribution in [1.29, 1.82) is 0 Å². The molecule has 0 heterocycles. The lowest BCUT2D eigenvalue weighted by Gasteiger charge is -2.60. The van der Waals surface area contributed by atoms with E-state index in [1.165, 1.54) is 6.08 Å². The molecule has 5 heteroatoms. The first-order valence-electron chi connectivity index (χ1n) is 9.70. The Balaban J connectivity index is 1.78. The summed E-state index contributed by atoms with van der Waals surface area (Å²) in [5.74, 6) is -0.588. The number of aliphatic hydroxyl groups is 1. The lowest BCUT2D eigenvalue weighted by molar-refractivity contribution is -0.166. The zero-order valence-electron chi connectivity index (χ0n) is 15.4. The minimum atomic E-state index is -4.20. The molecule has 144 valence electrons. The van der Waals surface area contributed by atoms with E-state index < -0.39 is 24.6 Å². The Morgan fingerprint density at radius 3 is 2.73 bits per heavy atom. The van der Waals surface area contributed by atoms with Gasteiger partial charge in [-0.05, 0) is 72.7 Å². The third kappa shape index (κ3) is 2.69. The molecule has 2 fully saturated rings. The first-order chi connectivity index (χ1) is 12.0. The van der Waals surface area contributed by atoms with E-state index in [-0.39, 0.29) is 34.4 Å². The zero-order valence-corrected chi connectivity index (χ0v) is 15.4. The van der Waals surface area contributed by atoms with E-state index in [9.17, 15) is 23.1 Å². The summed E-state index contributed by atoms with van der Waals surface area (Å²) >= 11 is 0. The van der Waals surface area contributed by atoms with Crippen molar-refractivity contribution < 1.29 is 23.1 Å². The van der Waals surface area contributed by atoms with Gasteiger partial charge >= 0.3 is 6.18 Å². The SMILES string of the molecule is C[C@@]12CC=C[C@H]1[C@@H]1[C@H](CC(F)(F)F)CC3=CC(=O)C(O)C[C@]3(C)[C@H]1CC2. The fourth-order valence-corrected chi connectivity index (χ4v) is 6.68. The zero-order chi connectivity index (χ0) is 18.9. The Hall–Kier alpha value is -1.10. The van der Waals surface area contributed by atoms with Crippen molar-refractivity contribution >= 4 is 5.78 Å². The van der Waals surface area contributed by atoms with Crippen molar-refractivity contribution in [1.82, 2.24) is 0 Å². The normalized spacial score (nSPS) is 47.8. The molecule has 0 aromatic heterocycles. The Morgan fingerprint density at radius 2 is 2.04 bits per heavy atom. The molecule has 0 spiro atoms. The van der Waals surface area contributed by atoms with Crippen LogP contribution in [0.25, 0.3) is 0 Å². The second kappa shape index (κ2) is 5.70. The van der Waals surface area contributed by atoms with Crippen LogP contribution in [0.15, 0.2) is 23.8 Å². The predicted molar refractivity (Wildman–Crippen MR) is 92.2 cm³/mol. The minimum absolute atomic E-state index is 0.0309. The summed E-state index contributed by atoms with van der Waals surface area (Å²) < 4.78 is 40.1. The summed E-state index contributed by atoms with van der Waals surface area (Å²) in [5, 5.41) is 10.2. The van der Waals surface area contributed by atoms with Gasteiger partial charge in [0.2, 0.25) is 0 Å². The van der Waals surface area contributed by atoms with Gasteiger partial charge in [-0.2, -0.15) is 13.2 Å². The molecule has 1 unspecified atom stereocenters. The van der Waals surface area contributed by atoms with Crippen LogP contribution in [-0.4, -0.2) is 23.2 Å². The molecule has 0 aromatic carbocycles. The van der Waals surface area contributed by atoms with Gasteiger partial charge in [-0.25, -0.2) is 0 Å². The number of hydrogen-bond acceptors (Lipinski definition) is 2. The van der Waals surface area contributed by atoms with E-state index in [1.807, 2.05) is 0 Å². The number of halogens is 3. The predicted octanol–water partition coefficient (Wildman–Crippen LogP) is 4.83. The molecule has 2 saturated carbocycles. The lowest BCUT2D eigenvalue weighted by atomic mass is 9.44. The van der Waals surface area contributed by atoms with Crippen LogP contribution in [0.5, 0.6) is 0 Å². The molecule has 4 aliphatic rings. The maximum Gasteiger partial charge on any atom is 0.389 e. The molecule has 0 bridgehead atoms. The molecule has 1 N–H and O–H groups in total. The third-order valence-corrected chi connectivity index (χ3v) is 7.97. The molecule has 2 nitrogen and oxygen atoms in total. The van der Waals surface area contributed by atoms with Crippen molar-refractivity contribution in [2.45, 2.75) is 64.7 Å². The highest BCUT2D eigenvalue weighted by molar-refractivity contribution is 5.95. The molecule has 7 atom stereocenters. The first kappa shape index (κ1) is 18.3. The number of fused-ring (bicyclic) bond motifs is 5. The summed E-state index contributed by atoms with van der Waals surface area (Å²) in [4.78, 5) is 12.0. The fraction of sp³-hybridized carbons (Fsp3) is 0.762. The van der Waals surface area contributed by atoms with Crippen LogP contribution in [-0.2, 0) is 4.79 Å². The molecule has 26 heavy (non-hydrogen) atoms. The second-order valence-corrected chi connectivity index (χ2v) is 9.53. The summed E-state index contributed by atoms with van der Waals surface area (Å²) in [6.07, 6.45) is 3.27. The third-order valence-electron chi connectivity index (χ3n) is 7.97. The van der Waals surface area contributed by atoms with E-state index >= 15 is 0 Å². The standard InChI is InChI=1S/C21H27F3O2/c1-19-6-3-4-14(19)18-12(10-21(22,23)24)8-13-9-16(25)17(26)11-20(13,2)15(18)5-7-19/h3-4,9,12,14-15,17-18,26H,5-8,10-11H2,1-2H3/t12-,14-,15-,17?,18-,19-,20-/m0/s1. The number of alkyl halides is 3. The van der Waals surface area contributed by atoms with Crippen LogP contribution >= 0.6 is 0 Å². The highest BCUT2D eigenvalue weighted by Gasteiger charge is 2.60. The van der Waals surface area contributed by atoms with Crippen molar-refractivity contribution in [2.75, 3.05) is 0 Å². The van der Waals surface area contributed by atoms with Gasteiger partial charge in [0, 0.05) is 6.42 Å². The van der Waals surface area contributed by atoms with Crippen LogP contribution in [0.2, 0.25) is 0 Å². The van der Waals surface area contributed by atoms with Crippen LogP contribution < -0.4 is 0 Å². The van der Waals surface area contributed by atoms with Crippen LogP contribution in [0.4, 0.5) is 13.2 Å². The number of ketones is 1. The Kier molecular flexibility index (Phi) is 4.00. The number of hydrogen-bond donors (Lipinski definition) is 1. The van der Waals surface area contributed by atoms with Gasteiger partial charge in [-0.15, -0.1) is 0 Å². The van der Waals surface area contributed by atoms with Crippen molar-refractivity contribution in [3.8, 4) is 0 Å². The summed E-state index contributed by atoms with van der Waals surface area (Å²) in [6.45, 7) is 4.28. The van der Waals surface area contributed by atoms with Gasteiger partial charge in [-0.1, -0.05) is 31.6 Å². The summed E-state index contributed by atoms with van der Waals surface area (Å²) in [5.41, 5.74) is 0.540. The Morgan fingerprint density at radius 1 is 1.31 bits per heavy atom. The van der Waals surface area contributed by atoms with Crippen molar-refractivity contribution in [3.05, 3.63) is 23.8 Å². The van der Waals surface area contributed by atoms with Crippen LogP contribution in [0.3, 0.4) is 0 Å². The molecular formula is C21H27F3O2. The largest absolute Gasteiger partial charge is 0.389 e. The average Bonchev–Trinajstić information content (AvgIpc) is 2.90. The molecular weight excluding hydrogens is 341 g/mol. The van der Waals surface area contributed by atoms with Gasteiger partial charge in [0.15, 0.2) is 5.78 Å². The quantitative estimate of drug-likeness (QED) is 0.673. The fourth-order valence-electron chi connectivity index (χ4n) is 6.68. The molecule has 0 aliphatic heterocycles. The van der Waals surface area contributed by atoms with E-state index in [1.54, 1.807) is 0 Å². The Labute approximate surface area is 152 Å². The average molecular weight is 368 g/mol. The maximum absolute atomic E-state index is 13.4. The monoisotopic (exact) mass is 368 g/mol. The number of carbonyl (C=O) groups is 1. The minimum Gasteiger partial charge on any atom is -0.385 e. The van der Waals surface area contributed by atoms with Gasteiger partial charge < -0.3 is 5.11 Å². The second-order valence-electron chi connectivity index (χ2n) is 9.53. The van der Waals surface area contributed by atoms with Gasteiger partial charge in [0.1, 0.15) is 6.10 Å². The van der Waals surface area contributed by atoms with Gasteiger partial charge in [0.05, 0.1) is 0 Å². The molecule has 0 amide bonds. The summed E-state index contributed by atoms with van der Waals surface area (Å²) in [6, 6.07) is 0. The molecule has 0 aromatic rings. The topological polar surface area (TPSA) is 37.3 Å². The van der Waals surface area contributed by atoms with Crippen molar-refractivity contribution in [3.63, 3.8) is 0 Å². The van der Waals surface area contributed by atoms with Gasteiger partial charge in [0.25, 0.3) is 0 Å². The highest BCUT2D eigenvalue weighted by atomic mass is 19.4. The molecule has 0 saturated heterocycles. The number of allylic oxidation sites excluding steroid dienone is 3. The van der Waals surface area contributed by atoms with E-state index in [2.05, 4.69) is 26.0 Å². The molecule has 0 radical (unpaired) electrons. The Bertz CT molecular complexity index is 679. The van der Waals surface area contributed by atoms with E-state index in [4.69, 9.17) is 0 Å². The van der Waals surface area contributed by atoms with Crippen molar-refractivity contribution in [2.24, 2.45) is 34.5 Å². The van der Waals surface area contributed by atoms with E-state index in [0.717, 1.165) is 24.8 Å². The van der Waals surface area contributed by atoms with E-state index in [0.29, 0.717) is 12.8 Å². The smallest absolute Gasteiger partial charge is 0.385 e. The summed E-state index contributed by atoms with van der Waals surface area (Å²) in [7, 11) is 0. The lowest BCUT2D eigenvalue weighted by Crippen LogP contribution is -2.54. The van der Waals surface area contributed by atoms with Crippen LogP contribution in [0.1, 0.15) is 52.4 Å². The van der Waals surface area contributed by atoms with Gasteiger partial charge in [-0.3, -0.25) is 4.79 Å². The van der Waals surface area contributed by atoms with Crippen LogP contribution in [0, 0.1) is 34.5 Å². The first-order valence-corrected chi connectivity index (χ1v) is 9.70. The highest BCUT2D eigenvalue weighted by Crippen LogP contribution is 2.66. The maximum atomic E-state index is 13.4. The number of aliphatic hydroxyl groups excluding tert-OH is 1.